The Morgan fingerprint density at radius 3 is 2.38 bits per heavy atom. The van der Waals surface area contributed by atoms with E-state index in [-0.39, 0.29) is 12.2 Å². The molecule has 2 nitrogen and oxygen atoms in total. The molecule has 0 fully saturated rings. The minimum atomic E-state index is -4.38. The molecule has 0 aliphatic rings. The van der Waals surface area contributed by atoms with Crippen LogP contribution in [0.4, 0.5) is 13.2 Å². The number of rotatable bonds is 5. The van der Waals surface area contributed by atoms with E-state index in [4.69, 9.17) is 0 Å². The Labute approximate surface area is 75.1 Å². The molecule has 0 aromatic rings. The fraction of sp³-hybridized carbons (Fsp3) is 0.875. The molecule has 0 bridgehead atoms. The van der Waals surface area contributed by atoms with Crippen molar-refractivity contribution in [1.82, 2.24) is 0 Å². The Morgan fingerprint density at radius 1 is 1.46 bits per heavy atom. The predicted octanol–water partition coefficient (Wildman–Crippen LogP) is 2.32. The lowest BCUT2D eigenvalue weighted by Gasteiger charge is -2.15. The Hall–Kier alpha value is -0.580. The molecule has 0 amide bonds. The molecule has 0 saturated heterocycles. The van der Waals surface area contributed by atoms with E-state index in [9.17, 15) is 18.0 Å². The summed E-state index contributed by atoms with van der Waals surface area (Å²) >= 11 is 0. The van der Waals surface area contributed by atoms with E-state index in [1.54, 1.807) is 6.92 Å². The van der Waals surface area contributed by atoms with Gasteiger partial charge >= 0.3 is 6.18 Å². The van der Waals surface area contributed by atoms with Crippen LogP contribution in [0.15, 0.2) is 0 Å². The minimum Gasteiger partial charge on any atom is -0.361 e. The third kappa shape index (κ3) is 5.63. The third-order valence-corrected chi connectivity index (χ3v) is 1.48. The zero-order chi connectivity index (χ0) is 10.5. The van der Waals surface area contributed by atoms with Gasteiger partial charge in [-0.2, -0.15) is 13.2 Å². The van der Waals surface area contributed by atoms with Crippen LogP contribution >= 0.6 is 0 Å². The van der Waals surface area contributed by atoms with Gasteiger partial charge in [0.15, 0.2) is 11.9 Å². The van der Waals surface area contributed by atoms with E-state index < -0.39 is 18.9 Å². The number of hydrogen-bond acceptors (Lipinski definition) is 2. The number of ketones is 1. The molecular formula is C8H13F3O2. The summed E-state index contributed by atoms with van der Waals surface area (Å²) in [5.74, 6) is -0.293. The summed E-state index contributed by atoms with van der Waals surface area (Å²) < 4.78 is 39.9. The van der Waals surface area contributed by atoms with Crippen LogP contribution in [0.5, 0.6) is 0 Å². The largest absolute Gasteiger partial charge is 0.414 e. The third-order valence-electron chi connectivity index (χ3n) is 1.48. The van der Waals surface area contributed by atoms with Gasteiger partial charge in [0.05, 0.1) is 0 Å². The van der Waals surface area contributed by atoms with E-state index in [1.165, 1.54) is 0 Å². The first kappa shape index (κ1) is 12.4. The highest BCUT2D eigenvalue weighted by atomic mass is 19.4. The summed E-state index contributed by atoms with van der Waals surface area (Å²) in [7, 11) is 0. The highest BCUT2D eigenvalue weighted by Gasteiger charge is 2.37. The quantitative estimate of drug-likeness (QED) is 0.677. The highest BCUT2D eigenvalue weighted by Crippen LogP contribution is 2.22. The molecule has 0 heterocycles. The van der Waals surface area contributed by atoms with Gasteiger partial charge in [-0.25, -0.2) is 0 Å². The lowest BCUT2D eigenvalue weighted by Crippen LogP contribution is -2.30. The van der Waals surface area contributed by atoms with Gasteiger partial charge in [0.1, 0.15) is 6.61 Å². The molecule has 0 aliphatic carbocycles. The molecule has 0 aliphatic heterocycles. The van der Waals surface area contributed by atoms with Crippen LogP contribution in [-0.2, 0) is 9.53 Å². The molecule has 0 saturated carbocycles. The lowest BCUT2D eigenvalue weighted by molar-refractivity contribution is -0.213. The number of halogens is 3. The Balaban J connectivity index is 3.70. The second-order valence-corrected chi connectivity index (χ2v) is 2.78. The molecule has 0 radical (unpaired) electrons. The van der Waals surface area contributed by atoms with Crippen molar-refractivity contribution in [2.75, 3.05) is 6.61 Å². The van der Waals surface area contributed by atoms with Gasteiger partial charge in [0.2, 0.25) is 0 Å². The SMILES string of the molecule is CCCC(=O)COC(C)C(F)(F)F. The number of Topliss-reactive ketones (excluding diaryl/α,β-unsaturated/α-hetero) is 1. The first-order valence-corrected chi connectivity index (χ1v) is 4.08. The fourth-order valence-electron chi connectivity index (χ4n) is 0.663. The summed E-state index contributed by atoms with van der Waals surface area (Å²) in [5, 5.41) is 0. The van der Waals surface area contributed by atoms with Crippen LogP contribution in [-0.4, -0.2) is 24.7 Å². The molecule has 78 valence electrons. The van der Waals surface area contributed by atoms with E-state index in [0.29, 0.717) is 6.42 Å². The number of carbonyl (C=O) groups excluding carboxylic acids is 1. The topological polar surface area (TPSA) is 26.3 Å². The van der Waals surface area contributed by atoms with Crippen molar-refractivity contribution in [3.63, 3.8) is 0 Å². The zero-order valence-corrected chi connectivity index (χ0v) is 7.65. The number of carbonyl (C=O) groups is 1. The number of hydrogen-bond donors (Lipinski definition) is 0. The molecule has 0 N–H and O–H groups in total. The number of alkyl halides is 3. The maximum absolute atomic E-state index is 11.8. The van der Waals surface area contributed by atoms with Crippen LogP contribution in [0.3, 0.4) is 0 Å². The summed E-state index contributed by atoms with van der Waals surface area (Å²) in [6.07, 6.45) is -5.35. The average molecular weight is 198 g/mol. The normalized spacial score (nSPS) is 14.2. The Bertz CT molecular complexity index is 165. The van der Waals surface area contributed by atoms with Gasteiger partial charge in [-0.15, -0.1) is 0 Å². The molecule has 0 spiro atoms. The van der Waals surface area contributed by atoms with Crippen LogP contribution in [0.2, 0.25) is 0 Å². The smallest absolute Gasteiger partial charge is 0.361 e. The van der Waals surface area contributed by atoms with E-state index in [0.717, 1.165) is 6.92 Å². The molecule has 0 aromatic carbocycles. The molecule has 1 unspecified atom stereocenters. The predicted molar refractivity (Wildman–Crippen MR) is 41.4 cm³/mol. The van der Waals surface area contributed by atoms with Gasteiger partial charge < -0.3 is 4.74 Å². The standard InChI is InChI=1S/C8H13F3O2/c1-3-4-7(12)5-13-6(2)8(9,10)11/h6H,3-5H2,1-2H3. The maximum atomic E-state index is 11.8. The Kier molecular flexibility index (Phi) is 4.98. The first-order chi connectivity index (χ1) is 5.88. The van der Waals surface area contributed by atoms with Crippen LogP contribution in [0.1, 0.15) is 26.7 Å². The van der Waals surface area contributed by atoms with Crippen LogP contribution in [0.25, 0.3) is 0 Å². The average Bonchev–Trinajstić information content (AvgIpc) is 1.99. The summed E-state index contributed by atoms with van der Waals surface area (Å²) in [6, 6.07) is 0. The van der Waals surface area contributed by atoms with Crippen molar-refractivity contribution in [2.45, 2.75) is 39.0 Å². The minimum absolute atomic E-state index is 0.268. The zero-order valence-electron chi connectivity index (χ0n) is 7.65. The summed E-state index contributed by atoms with van der Waals surface area (Å²) in [5.41, 5.74) is 0. The second-order valence-electron chi connectivity index (χ2n) is 2.78. The lowest BCUT2D eigenvalue weighted by atomic mass is 10.2. The Morgan fingerprint density at radius 2 is 2.00 bits per heavy atom. The van der Waals surface area contributed by atoms with Crippen molar-refractivity contribution in [1.29, 1.82) is 0 Å². The monoisotopic (exact) mass is 198 g/mol. The molecule has 13 heavy (non-hydrogen) atoms. The maximum Gasteiger partial charge on any atom is 0.414 e. The summed E-state index contributed by atoms with van der Waals surface area (Å²) in [4.78, 5) is 10.8. The van der Waals surface area contributed by atoms with Gasteiger partial charge in [0, 0.05) is 6.42 Å². The molecular weight excluding hydrogens is 185 g/mol. The van der Waals surface area contributed by atoms with Crippen molar-refractivity contribution < 1.29 is 22.7 Å². The van der Waals surface area contributed by atoms with E-state index in [1.807, 2.05) is 0 Å². The van der Waals surface area contributed by atoms with Crippen molar-refractivity contribution in [3.05, 3.63) is 0 Å². The van der Waals surface area contributed by atoms with Crippen LogP contribution in [0, 0.1) is 0 Å². The molecule has 0 aromatic heterocycles. The van der Waals surface area contributed by atoms with Crippen molar-refractivity contribution in [3.8, 4) is 0 Å². The number of ether oxygens (including phenoxy) is 1. The van der Waals surface area contributed by atoms with Crippen molar-refractivity contribution in [2.24, 2.45) is 0 Å². The van der Waals surface area contributed by atoms with Gasteiger partial charge in [0.25, 0.3) is 0 Å². The van der Waals surface area contributed by atoms with E-state index in [2.05, 4.69) is 4.74 Å². The first-order valence-electron chi connectivity index (χ1n) is 4.08. The highest BCUT2D eigenvalue weighted by molar-refractivity contribution is 5.79. The van der Waals surface area contributed by atoms with Gasteiger partial charge in [-0.1, -0.05) is 6.92 Å². The molecule has 5 heteroatoms. The van der Waals surface area contributed by atoms with Crippen LogP contribution < -0.4 is 0 Å². The van der Waals surface area contributed by atoms with Gasteiger partial charge in [-0.05, 0) is 13.3 Å². The molecule has 1 atom stereocenters. The van der Waals surface area contributed by atoms with Crippen molar-refractivity contribution >= 4 is 5.78 Å². The van der Waals surface area contributed by atoms with Gasteiger partial charge in [-0.3, -0.25) is 4.79 Å². The fourth-order valence-corrected chi connectivity index (χ4v) is 0.663. The van der Waals surface area contributed by atoms with E-state index >= 15 is 0 Å². The molecule has 0 rings (SSSR count). The second kappa shape index (κ2) is 5.21. The summed E-state index contributed by atoms with van der Waals surface area (Å²) in [6.45, 7) is 2.22.